The first-order chi connectivity index (χ1) is 8.54. The van der Waals surface area contributed by atoms with Crippen LogP contribution < -0.4 is 0 Å². The van der Waals surface area contributed by atoms with Crippen LogP contribution in [-0.4, -0.2) is 14.9 Å². The van der Waals surface area contributed by atoms with E-state index >= 15 is 0 Å². The van der Waals surface area contributed by atoms with Crippen molar-refractivity contribution in [3.05, 3.63) is 35.4 Å². The number of aromatic nitrogens is 2. The molecule has 0 saturated carbocycles. The third-order valence-corrected chi connectivity index (χ3v) is 3.16. The van der Waals surface area contributed by atoms with E-state index in [4.69, 9.17) is 0 Å². The molecule has 0 bridgehead atoms. The van der Waals surface area contributed by atoms with E-state index in [1.165, 1.54) is 5.56 Å². The Kier molecular flexibility index (Phi) is 3.41. The second kappa shape index (κ2) is 4.84. The van der Waals surface area contributed by atoms with Crippen LogP contribution in [0.25, 0.3) is 11.3 Å². The summed E-state index contributed by atoms with van der Waals surface area (Å²) in [7, 11) is 0. The van der Waals surface area contributed by atoms with E-state index in [0.717, 1.165) is 23.2 Å². The lowest BCUT2D eigenvalue weighted by Gasteiger charge is -2.12. The lowest BCUT2D eigenvalue weighted by molar-refractivity contribution is 0.424. The molecular formula is C15H20N2O. The molecule has 0 atom stereocenters. The fourth-order valence-electron chi connectivity index (χ4n) is 2.17. The minimum Gasteiger partial charge on any atom is -0.492 e. The van der Waals surface area contributed by atoms with Gasteiger partial charge in [-0.05, 0) is 27.2 Å². The zero-order valence-electron chi connectivity index (χ0n) is 11.4. The highest BCUT2D eigenvalue weighted by molar-refractivity contribution is 5.66. The van der Waals surface area contributed by atoms with Crippen LogP contribution in [0.5, 0.6) is 5.88 Å². The van der Waals surface area contributed by atoms with E-state index in [0.29, 0.717) is 0 Å². The molecular weight excluding hydrogens is 224 g/mol. The molecule has 0 saturated heterocycles. The van der Waals surface area contributed by atoms with Crippen molar-refractivity contribution < 1.29 is 5.11 Å². The average Bonchev–Trinajstić information content (AvgIpc) is 2.67. The molecule has 1 heterocycles. The highest BCUT2D eigenvalue weighted by Crippen LogP contribution is 2.32. The summed E-state index contributed by atoms with van der Waals surface area (Å²) in [5, 5.41) is 14.2. The van der Waals surface area contributed by atoms with Gasteiger partial charge in [-0.25, -0.2) is 0 Å². The Labute approximate surface area is 108 Å². The van der Waals surface area contributed by atoms with E-state index in [1.54, 1.807) is 0 Å². The first kappa shape index (κ1) is 12.7. The Balaban J connectivity index is 2.63. The zero-order chi connectivity index (χ0) is 13.3. The molecule has 2 aromatic rings. The fraction of sp³-hybridized carbons (Fsp3) is 0.400. The van der Waals surface area contributed by atoms with Gasteiger partial charge in [0, 0.05) is 17.2 Å². The summed E-state index contributed by atoms with van der Waals surface area (Å²) < 4.78 is 1.90. The summed E-state index contributed by atoms with van der Waals surface area (Å²) in [5.41, 5.74) is 4.30. The molecule has 1 aromatic heterocycles. The van der Waals surface area contributed by atoms with Crippen molar-refractivity contribution in [2.24, 2.45) is 0 Å². The van der Waals surface area contributed by atoms with E-state index in [2.05, 4.69) is 50.1 Å². The molecule has 0 fully saturated rings. The van der Waals surface area contributed by atoms with E-state index in [1.807, 2.05) is 11.6 Å². The van der Waals surface area contributed by atoms with Gasteiger partial charge in [0.2, 0.25) is 5.88 Å². The Morgan fingerprint density at radius 1 is 1.22 bits per heavy atom. The molecule has 0 aliphatic carbocycles. The molecule has 1 N–H and O–H groups in total. The van der Waals surface area contributed by atoms with Crippen LogP contribution in [0.4, 0.5) is 0 Å². The van der Waals surface area contributed by atoms with Crippen molar-refractivity contribution in [1.29, 1.82) is 0 Å². The maximum Gasteiger partial charge on any atom is 0.234 e. The third kappa shape index (κ3) is 2.13. The van der Waals surface area contributed by atoms with Gasteiger partial charge >= 0.3 is 0 Å². The molecule has 18 heavy (non-hydrogen) atoms. The summed E-state index contributed by atoms with van der Waals surface area (Å²) in [4.78, 5) is 0. The van der Waals surface area contributed by atoms with E-state index in [9.17, 15) is 5.11 Å². The van der Waals surface area contributed by atoms with Crippen LogP contribution in [-0.2, 0) is 6.42 Å². The second-order valence-electron chi connectivity index (χ2n) is 4.91. The zero-order valence-corrected chi connectivity index (χ0v) is 11.4. The largest absolute Gasteiger partial charge is 0.492 e. The summed E-state index contributed by atoms with van der Waals surface area (Å²) in [6.45, 7) is 8.26. The number of rotatable bonds is 3. The SMILES string of the molecule is CCc1c(O)nn(C(C)C)c1-c1ccc(C)cc1. The Hall–Kier alpha value is -1.77. The standard InChI is InChI=1S/C15H20N2O/c1-5-13-14(12-8-6-11(4)7-9-12)17(10(2)3)16-15(13)18/h6-10H,5H2,1-4H3,(H,16,18). The van der Waals surface area contributed by atoms with Crippen molar-refractivity contribution in [1.82, 2.24) is 9.78 Å². The fourth-order valence-corrected chi connectivity index (χ4v) is 2.17. The van der Waals surface area contributed by atoms with Crippen LogP contribution in [0.3, 0.4) is 0 Å². The normalized spacial score (nSPS) is 11.2. The topological polar surface area (TPSA) is 38.1 Å². The number of benzene rings is 1. The van der Waals surface area contributed by atoms with Gasteiger partial charge in [0.05, 0.1) is 5.69 Å². The number of hydrogen-bond acceptors (Lipinski definition) is 2. The third-order valence-electron chi connectivity index (χ3n) is 3.16. The minimum atomic E-state index is 0.154. The maximum atomic E-state index is 9.95. The van der Waals surface area contributed by atoms with Crippen molar-refractivity contribution in [3.8, 4) is 17.1 Å². The molecule has 2 rings (SSSR count). The highest BCUT2D eigenvalue weighted by Gasteiger charge is 2.18. The van der Waals surface area contributed by atoms with E-state index in [-0.39, 0.29) is 11.9 Å². The Bertz CT molecular complexity index is 538. The quantitative estimate of drug-likeness (QED) is 0.893. The number of nitrogens with zero attached hydrogens (tertiary/aromatic N) is 2. The highest BCUT2D eigenvalue weighted by atomic mass is 16.3. The van der Waals surface area contributed by atoms with Gasteiger partial charge < -0.3 is 5.11 Å². The molecule has 0 aliphatic rings. The number of hydrogen-bond donors (Lipinski definition) is 1. The molecule has 0 spiro atoms. The number of aromatic hydroxyl groups is 1. The molecule has 1 aromatic carbocycles. The second-order valence-corrected chi connectivity index (χ2v) is 4.91. The Morgan fingerprint density at radius 3 is 2.33 bits per heavy atom. The van der Waals surface area contributed by atoms with Crippen molar-refractivity contribution in [2.45, 2.75) is 40.2 Å². The molecule has 0 aliphatic heterocycles. The summed E-state index contributed by atoms with van der Waals surface area (Å²) in [6, 6.07) is 8.58. The van der Waals surface area contributed by atoms with E-state index < -0.39 is 0 Å². The van der Waals surface area contributed by atoms with Crippen LogP contribution in [0.2, 0.25) is 0 Å². The first-order valence-corrected chi connectivity index (χ1v) is 6.42. The predicted octanol–water partition coefficient (Wildman–Crippen LogP) is 3.71. The van der Waals surface area contributed by atoms with Crippen molar-refractivity contribution in [2.75, 3.05) is 0 Å². The van der Waals surface area contributed by atoms with Crippen LogP contribution in [0.15, 0.2) is 24.3 Å². The van der Waals surface area contributed by atoms with Gasteiger partial charge in [0.25, 0.3) is 0 Å². The molecule has 0 unspecified atom stereocenters. The predicted molar refractivity (Wildman–Crippen MR) is 73.8 cm³/mol. The molecule has 96 valence electrons. The molecule has 0 amide bonds. The van der Waals surface area contributed by atoms with Gasteiger partial charge in [0.1, 0.15) is 0 Å². The molecule has 3 heteroatoms. The van der Waals surface area contributed by atoms with Crippen molar-refractivity contribution in [3.63, 3.8) is 0 Å². The van der Waals surface area contributed by atoms with Crippen LogP contribution in [0, 0.1) is 6.92 Å². The van der Waals surface area contributed by atoms with Gasteiger partial charge in [-0.2, -0.15) is 0 Å². The average molecular weight is 244 g/mol. The number of aryl methyl sites for hydroxylation is 1. The van der Waals surface area contributed by atoms with Crippen molar-refractivity contribution >= 4 is 0 Å². The van der Waals surface area contributed by atoms with Crippen LogP contribution in [0.1, 0.15) is 37.9 Å². The first-order valence-electron chi connectivity index (χ1n) is 6.42. The summed E-state index contributed by atoms with van der Waals surface area (Å²) in [6.07, 6.45) is 0.780. The lowest BCUT2D eigenvalue weighted by atomic mass is 10.0. The summed E-state index contributed by atoms with van der Waals surface area (Å²) >= 11 is 0. The van der Waals surface area contributed by atoms with Gasteiger partial charge in [-0.1, -0.05) is 36.8 Å². The smallest absolute Gasteiger partial charge is 0.234 e. The maximum absolute atomic E-state index is 9.95. The minimum absolute atomic E-state index is 0.154. The molecule has 0 radical (unpaired) electrons. The lowest BCUT2D eigenvalue weighted by Crippen LogP contribution is -2.05. The monoisotopic (exact) mass is 244 g/mol. The molecule has 3 nitrogen and oxygen atoms in total. The summed E-state index contributed by atoms with van der Waals surface area (Å²) in [5.74, 6) is 0.154. The van der Waals surface area contributed by atoms with Gasteiger partial charge in [0.15, 0.2) is 0 Å². The van der Waals surface area contributed by atoms with Gasteiger partial charge in [-0.3, -0.25) is 4.68 Å². The van der Waals surface area contributed by atoms with Crippen LogP contribution >= 0.6 is 0 Å². The Morgan fingerprint density at radius 2 is 1.83 bits per heavy atom. The van der Waals surface area contributed by atoms with Gasteiger partial charge in [-0.15, -0.1) is 5.10 Å².